The van der Waals surface area contributed by atoms with Crippen LogP contribution in [0.15, 0.2) is 54.0 Å². The van der Waals surface area contributed by atoms with Crippen LogP contribution in [0.25, 0.3) is 0 Å². The number of hydrogen-bond donors (Lipinski definition) is 1. The Morgan fingerprint density at radius 1 is 1.19 bits per heavy atom. The van der Waals surface area contributed by atoms with Gasteiger partial charge in [0.05, 0.1) is 12.7 Å². The first-order chi connectivity index (χ1) is 12.7. The van der Waals surface area contributed by atoms with Gasteiger partial charge >= 0.3 is 0 Å². The van der Waals surface area contributed by atoms with Crippen LogP contribution < -0.4 is 5.73 Å². The molecule has 0 spiro atoms. The molecule has 0 bridgehead atoms. The Balaban J connectivity index is 0.00000210. The van der Waals surface area contributed by atoms with Crippen LogP contribution in [-0.4, -0.2) is 45.4 Å². The van der Waals surface area contributed by atoms with Crippen molar-refractivity contribution in [1.82, 2.24) is 19.9 Å². The number of thiophene rings is 1. The van der Waals surface area contributed by atoms with Gasteiger partial charge in [0.2, 0.25) is 0 Å². The topological polar surface area (TPSA) is 77.0 Å². The van der Waals surface area contributed by atoms with Crippen LogP contribution in [0.2, 0.25) is 0 Å². The summed E-state index contributed by atoms with van der Waals surface area (Å²) in [5.41, 5.74) is 7.60. The van der Waals surface area contributed by atoms with Gasteiger partial charge < -0.3 is 10.6 Å². The van der Waals surface area contributed by atoms with Crippen LogP contribution in [0.1, 0.15) is 26.8 Å². The number of halogens is 1. The molecule has 1 amide bonds. The predicted molar refractivity (Wildman–Crippen MR) is 108 cm³/mol. The van der Waals surface area contributed by atoms with Crippen molar-refractivity contribution in [2.45, 2.75) is 12.5 Å². The number of nitrogens with zero attached hydrogens (tertiary/aromatic N) is 4. The molecule has 2 atom stereocenters. The van der Waals surface area contributed by atoms with Gasteiger partial charge in [-0.15, -0.1) is 28.8 Å². The lowest BCUT2D eigenvalue weighted by molar-refractivity contribution is 0.0780. The third kappa shape index (κ3) is 4.21. The van der Waals surface area contributed by atoms with Gasteiger partial charge in [-0.2, -0.15) is 0 Å². The number of carbonyl (C=O) groups excluding carboxylic acids is 1. The first kappa shape index (κ1) is 19.5. The van der Waals surface area contributed by atoms with Crippen molar-refractivity contribution in [1.29, 1.82) is 0 Å². The van der Waals surface area contributed by atoms with E-state index in [0.29, 0.717) is 31.9 Å². The van der Waals surface area contributed by atoms with Crippen molar-refractivity contribution in [3.63, 3.8) is 0 Å². The number of benzene rings is 1. The van der Waals surface area contributed by atoms with Gasteiger partial charge in [-0.25, -0.2) is 4.68 Å². The molecule has 1 aliphatic heterocycles. The monoisotopic (exact) mass is 403 g/mol. The summed E-state index contributed by atoms with van der Waals surface area (Å²) in [7, 11) is 0. The fourth-order valence-electron chi connectivity index (χ4n) is 3.55. The van der Waals surface area contributed by atoms with E-state index < -0.39 is 0 Å². The first-order valence-electron chi connectivity index (χ1n) is 8.71. The highest BCUT2D eigenvalue weighted by Gasteiger charge is 2.36. The van der Waals surface area contributed by atoms with E-state index in [1.807, 2.05) is 40.6 Å². The van der Waals surface area contributed by atoms with Gasteiger partial charge in [0.15, 0.2) is 5.69 Å². The summed E-state index contributed by atoms with van der Waals surface area (Å²) >= 11 is 1.66. The molecule has 0 saturated carbocycles. The largest absolute Gasteiger partial charge is 0.336 e. The molecule has 1 aromatic carbocycles. The maximum Gasteiger partial charge on any atom is 0.276 e. The third-order valence-electron chi connectivity index (χ3n) is 4.91. The van der Waals surface area contributed by atoms with E-state index in [9.17, 15) is 4.79 Å². The Labute approximate surface area is 168 Å². The van der Waals surface area contributed by atoms with Crippen LogP contribution in [0.3, 0.4) is 0 Å². The van der Waals surface area contributed by atoms with Crippen molar-refractivity contribution in [2.24, 2.45) is 11.7 Å². The quantitative estimate of drug-likeness (QED) is 0.710. The van der Waals surface area contributed by atoms with Crippen molar-refractivity contribution in [3.05, 3.63) is 70.2 Å². The molecule has 1 saturated heterocycles. The fraction of sp³-hybridized carbons (Fsp3) is 0.316. The number of carbonyl (C=O) groups is 1. The predicted octanol–water partition coefficient (Wildman–Crippen LogP) is 2.62. The fourth-order valence-corrected chi connectivity index (χ4v) is 4.25. The zero-order chi connectivity index (χ0) is 17.9. The number of hydrogen-bond acceptors (Lipinski definition) is 5. The average Bonchev–Trinajstić information content (AvgIpc) is 3.43. The van der Waals surface area contributed by atoms with Gasteiger partial charge in [-0.1, -0.05) is 41.6 Å². The standard InChI is InChI=1S/C19H21N5OS.ClH/c20-9-15-10-23(12-17(15)14-5-2-1-3-6-14)19(25)18-13-24(22-21-18)11-16-7-4-8-26-16;/h1-8,13,15,17H,9-12,20H2;1H/t15-,17+;/m1./s1. The van der Waals surface area contributed by atoms with E-state index in [0.717, 1.165) is 0 Å². The first-order valence-corrected chi connectivity index (χ1v) is 9.59. The minimum Gasteiger partial charge on any atom is -0.336 e. The number of nitrogens with two attached hydrogens (primary N) is 1. The highest BCUT2D eigenvalue weighted by Crippen LogP contribution is 2.32. The summed E-state index contributed by atoms with van der Waals surface area (Å²) in [6, 6.07) is 14.3. The van der Waals surface area contributed by atoms with Gasteiger partial charge in [-0.05, 0) is 29.5 Å². The molecular formula is C19H22ClN5OS. The Kier molecular flexibility index (Phi) is 6.26. The van der Waals surface area contributed by atoms with E-state index in [4.69, 9.17) is 5.73 Å². The third-order valence-corrected chi connectivity index (χ3v) is 5.78. The highest BCUT2D eigenvalue weighted by molar-refractivity contribution is 7.09. The Morgan fingerprint density at radius 3 is 2.70 bits per heavy atom. The second-order valence-corrected chi connectivity index (χ2v) is 7.64. The highest BCUT2D eigenvalue weighted by atomic mass is 35.5. The van der Waals surface area contributed by atoms with Crippen molar-refractivity contribution < 1.29 is 4.79 Å². The average molecular weight is 404 g/mol. The summed E-state index contributed by atoms with van der Waals surface area (Å²) in [4.78, 5) is 15.9. The number of aromatic nitrogens is 3. The normalized spacial score (nSPS) is 19.1. The summed E-state index contributed by atoms with van der Waals surface area (Å²) in [6.07, 6.45) is 1.73. The SMILES string of the molecule is Cl.NC[C@@H]1CN(C(=O)c2cn(Cc3cccs3)nn2)C[C@H]1c1ccccc1. The summed E-state index contributed by atoms with van der Waals surface area (Å²) in [5.74, 6) is 0.466. The second-order valence-electron chi connectivity index (χ2n) is 6.60. The minimum atomic E-state index is -0.0701. The summed E-state index contributed by atoms with van der Waals surface area (Å²) in [6.45, 7) is 2.53. The van der Waals surface area contributed by atoms with Crippen LogP contribution in [-0.2, 0) is 6.54 Å². The summed E-state index contributed by atoms with van der Waals surface area (Å²) < 4.78 is 1.71. The molecule has 0 unspecified atom stereocenters. The molecule has 0 radical (unpaired) electrons. The molecule has 6 nitrogen and oxygen atoms in total. The molecule has 4 rings (SSSR count). The van der Waals surface area contributed by atoms with Crippen LogP contribution >= 0.6 is 23.7 Å². The lowest BCUT2D eigenvalue weighted by Crippen LogP contribution is -2.30. The lowest BCUT2D eigenvalue weighted by atomic mass is 9.89. The van der Waals surface area contributed by atoms with Crippen LogP contribution in [0, 0.1) is 5.92 Å². The Bertz CT molecular complexity index is 867. The van der Waals surface area contributed by atoms with E-state index >= 15 is 0 Å². The number of likely N-dealkylation sites (tertiary alicyclic amines) is 1. The van der Waals surface area contributed by atoms with E-state index in [-0.39, 0.29) is 30.2 Å². The number of amides is 1. The van der Waals surface area contributed by atoms with Crippen molar-refractivity contribution in [3.8, 4) is 0 Å². The molecule has 2 N–H and O–H groups in total. The van der Waals surface area contributed by atoms with E-state index in [1.54, 1.807) is 22.2 Å². The summed E-state index contributed by atoms with van der Waals surface area (Å²) in [5, 5.41) is 10.2. The molecule has 1 fully saturated rings. The Morgan fingerprint density at radius 2 is 2.00 bits per heavy atom. The van der Waals surface area contributed by atoms with Gasteiger partial charge in [0.1, 0.15) is 0 Å². The molecule has 2 aromatic heterocycles. The van der Waals surface area contributed by atoms with E-state index in [2.05, 4.69) is 22.4 Å². The molecule has 3 heterocycles. The molecular weight excluding hydrogens is 382 g/mol. The second kappa shape index (κ2) is 8.65. The molecule has 0 aliphatic carbocycles. The smallest absolute Gasteiger partial charge is 0.276 e. The van der Waals surface area contributed by atoms with Crippen molar-refractivity contribution in [2.75, 3.05) is 19.6 Å². The molecule has 8 heteroatoms. The maximum absolute atomic E-state index is 12.9. The van der Waals surface area contributed by atoms with Gasteiger partial charge in [0, 0.05) is 23.9 Å². The zero-order valence-electron chi connectivity index (χ0n) is 14.8. The maximum atomic E-state index is 12.9. The van der Waals surface area contributed by atoms with E-state index in [1.165, 1.54) is 10.4 Å². The van der Waals surface area contributed by atoms with Crippen LogP contribution in [0.5, 0.6) is 0 Å². The van der Waals surface area contributed by atoms with Crippen molar-refractivity contribution >= 4 is 29.7 Å². The molecule has 142 valence electrons. The lowest BCUT2D eigenvalue weighted by Gasteiger charge is -2.16. The number of rotatable bonds is 5. The van der Waals surface area contributed by atoms with Crippen LogP contribution in [0.4, 0.5) is 0 Å². The Hall–Kier alpha value is -2.22. The zero-order valence-corrected chi connectivity index (χ0v) is 16.4. The van der Waals surface area contributed by atoms with Gasteiger partial charge in [-0.3, -0.25) is 4.79 Å². The minimum absolute atomic E-state index is 0. The molecule has 3 aromatic rings. The molecule has 1 aliphatic rings. The van der Waals surface area contributed by atoms with Gasteiger partial charge in [0.25, 0.3) is 5.91 Å². The molecule has 27 heavy (non-hydrogen) atoms.